The quantitative estimate of drug-likeness (QED) is 0.670. The average molecular weight is 228 g/mol. The molecular formula is C14H28O2. The van der Waals surface area contributed by atoms with Gasteiger partial charge in [-0.05, 0) is 36.0 Å². The fourth-order valence-corrected chi connectivity index (χ4v) is 3.73. The van der Waals surface area contributed by atoms with E-state index in [1.165, 1.54) is 19.3 Å². The maximum absolute atomic E-state index is 5.73. The van der Waals surface area contributed by atoms with Crippen LogP contribution in [0.25, 0.3) is 0 Å². The van der Waals surface area contributed by atoms with Crippen molar-refractivity contribution >= 4 is 0 Å². The van der Waals surface area contributed by atoms with Crippen LogP contribution in [0.2, 0.25) is 0 Å². The van der Waals surface area contributed by atoms with Crippen LogP contribution in [-0.2, 0) is 9.47 Å². The van der Waals surface area contributed by atoms with Gasteiger partial charge in [0.05, 0.1) is 19.8 Å². The van der Waals surface area contributed by atoms with Crippen molar-refractivity contribution in [2.45, 2.75) is 47.0 Å². The zero-order valence-corrected chi connectivity index (χ0v) is 11.6. The highest BCUT2D eigenvalue weighted by Gasteiger charge is 2.39. The summed E-state index contributed by atoms with van der Waals surface area (Å²) in [7, 11) is 1.72. The summed E-state index contributed by atoms with van der Waals surface area (Å²) in [5, 5.41) is 0. The Hall–Kier alpha value is -0.0800. The molecule has 2 unspecified atom stereocenters. The van der Waals surface area contributed by atoms with Crippen LogP contribution in [0, 0.1) is 16.7 Å². The molecule has 0 bridgehead atoms. The summed E-state index contributed by atoms with van der Waals surface area (Å²) in [4.78, 5) is 0. The van der Waals surface area contributed by atoms with Crippen molar-refractivity contribution in [3.63, 3.8) is 0 Å². The van der Waals surface area contributed by atoms with Crippen LogP contribution in [0.15, 0.2) is 0 Å². The van der Waals surface area contributed by atoms with Crippen molar-refractivity contribution in [1.29, 1.82) is 0 Å². The summed E-state index contributed by atoms with van der Waals surface area (Å²) in [5.74, 6) is 0.819. The molecule has 1 aliphatic carbocycles. The maximum atomic E-state index is 5.73. The third-order valence-electron chi connectivity index (χ3n) is 3.53. The Bertz CT molecular complexity index is 213. The first-order valence-electron chi connectivity index (χ1n) is 6.44. The highest BCUT2D eigenvalue weighted by atomic mass is 16.5. The number of methoxy groups -OCH3 is 1. The second kappa shape index (κ2) is 5.50. The lowest BCUT2D eigenvalue weighted by molar-refractivity contribution is -0.0313. The molecule has 96 valence electrons. The van der Waals surface area contributed by atoms with Crippen molar-refractivity contribution in [1.82, 2.24) is 0 Å². The van der Waals surface area contributed by atoms with Gasteiger partial charge in [-0.25, -0.2) is 0 Å². The molecule has 0 aromatic carbocycles. The lowest BCUT2D eigenvalue weighted by Crippen LogP contribution is -2.38. The zero-order valence-electron chi connectivity index (χ0n) is 11.6. The van der Waals surface area contributed by atoms with Crippen molar-refractivity contribution in [3.8, 4) is 0 Å². The van der Waals surface area contributed by atoms with Crippen LogP contribution in [0.3, 0.4) is 0 Å². The Morgan fingerprint density at radius 1 is 1.12 bits per heavy atom. The number of rotatable bonds is 5. The van der Waals surface area contributed by atoms with Crippen molar-refractivity contribution in [2.75, 3.05) is 26.9 Å². The third-order valence-corrected chi connectivity index (χ3v) is 3.53. The van der Waals surface area contributed by atoms with E-state index < -0.39 is 0 Å². The standard InChI is InChI=1S/C14H28O2/c1-12-8-13(2,3)10-14(4,9-12)11-16-7-6-15-5/h12H,6-11H2,1-5H3. The van der Waals surface area contributed by atoms with E-state index in [1.54, 1.807) is 7.11 Å². The highest BCUT2D eigenvalue weighted by Crippen LogP contribution is 2.48. The van der Waals surface area contributed by atoms with Crippen molar-refractivity contribution in [3.05, 3.63) is 0 Å². The lowest BCUT2D eigenvalue weighted by atomic mass is 9.61. The van der Waals surface area contributed by atoms with Gasteiger partial charge >= 0.3 is 0 Å². The van der Waals surface area contributed by atoms with E-state index in [0.717, 1.165) is 19.1 Å². The Morgan fingerprint density at radius 3 is 2.38 bits per heavy atom. The second-order valence-electron chi connectivity index (χ2n) is 6.71. The molecule has 0 heterocycles. The summed E-state index contributed by atoms with van der Waals surface area (Å²) < 4.78 is 10.7. The maximum Gasteiger partial charge on any atom is 0.0700 e. The van der Waals surface area contributed by atoms with Gasteiger partial charge in [0.1, 0.15) is 0 Å². The van der Waals surface area contributed by atoms with Crippen LogP contribution in [0.5, 0.6) is 0 Å². The number of hydrogen-bond acceptors (Lipinski definition) is 2. The van der Waals surface area contributed by atoms with Gasteiger partial charge in [0.2, 0.25) is 0 Å². The average Bonchev–Trinajstić information content (AvgIpc) is 2.08. The molecule has 0 aliphatic heterocycles. The number of ether oxygens (including phenoxy) is 2. The molecule has 0 saturated heterocycles. The topological polar surface area (TPSA) is 18.5 Å². The predicted molar refractivity (Wildman–Crippen MR) is 67.6 cm³/mol. The third kappa shape index (κ3) is 4.42. The molecular weight excluding hydrogens is 200 g/mol. The monoisotopic (exact) mass is 228 g/mol. The Labute approximate surface area is 101 Å². The molecule has 0 N–H and O–H groups in total. The fraction of sp³-hybridized carbons (Fsp3) is 1.00. The molecule has 1 saturated carbocycles. The van der Waals surface area contributed by atoms with Gasteiger partial charge in [0.25, 0.3) is 0 Å². The normalized spacial score (nSPS) is 33.9. The molecule has 1 rings (SSSR count). The van der Waals surface area contributed by atoms with Gasteiger partial charge in [-0.3, -0.25) is 0 Å². The van der Waals surface area contributed by atoms with Gasteiger partial charge in [-0.2, -0.15) is 0 Å². The van der Waals surface area contributed by atoms with Crippen LogP contribution in [-0.4, -0.2) is 26.9 Å². The zero-order chi connectivity index (χ0) is 12.2. The minimum Gasteiger partial charge on any atom is -0.382 e. The van der Waals surface area contributed by atoms with Crippen molar-refractivity contribution < 1.29 is 9.47 Å². The molecule has 1 aliphatic rings. The highest BCUT2D eigenvalue weighted by molar-refractivity contribution is 4.90. The molecule has 1 fully saturated rings. The second-order valence-corrected chi connectivity index (χ2v) is 6.71. The van der Waals surface area contributed by atoms with Crippen LogP contribution in [0.4, 0.5) is 0 Å². The Morgan fingerprint density at radius 2 is 1.81 bits per heavy atom. The summed E-state index contributed by atoms with van der Waals surface area (Å²) in [6, 6.07) is 0. The fourth-order valence-electron chi connectivity index (χ4n) is 3.73. The largest absolute Gasteiger partial charge is 0.382 e. The molecule has 0 aromatic rings. The SMILES string of the molecule is COCCOCC1(C)CC(C)CC(C)(C)C1. The van der Waals surface area contributed by atoms with Gasteiger partial charge in [-0.1, -0.05) is 27.7 Å². The minimum atomic E-state index is 0.356. The summed E-state index contributed by atoms with van der Waals surface area (Å²) in [6.45, 7) is 11.8. The molecule has 0 amide bonds. The minimum absolute atomic E-state index is 0.356. The Kier molecular flexibility index (Phi) is 4.81. The summed E-state index contributed by atoms with van der Waals surface area (Å²) in [6.07, 6.45) is 3.92. The van der Waals surface area contributed by atoms with Crippen LogP contribution >= 0.6 is 0 Å². The summed E-state index contributed by atoms with van der Waals surface area (Å²) >= 11 is 0. The van der Waals surface area contributed by atoms with Crippen LogP contribution < -0.4 is 0 Å². The van der Waals surface area contributed by atoms with E-state index >= 15 is 0 Å². The molecule has 0 radical (unpaired) electrons. The van der Waals surface area contributed by atoms with E-state index in [9.17, 15) is 0 Å². The van der Waals surface area contributed by atoms with Gasteiger partial charge in [0, 0.05) is 7.11 Å². The molecule has 2 nitrogen and oxygen atoms in total. The van der Waals surface area contributed by atoms with Gasteiger partial charge in [-0.15, -0.1) is 0 Å². The smallest absolute Gasteiger partial charge is 0.0700 e. The van der Waals surface area contributed by atoms with Gasteiger partial charge < -0.3 is 9.47 Å². The molecule has 2 heteroatoms. The van der Waals surface area contributed by atoms with E-state index in [2.05, 4.69) is 27.7 Å². The first-order chi connectivity index (χ1) is 7.37. The first kappa shape index (κ1) is 14.0. The Balaban J connectivity index is 2.42. The number of hydrogen-bond donors (Lipinski definition) is 0. The predicted octanol–water partition coefficient (Wildman–Crippen LogP) is 3.50. The molecule has 0 aromatic heterocycles. The molecule has 2 atom stereocenters. The van der Waals surface area contributed by atoms with E-state index in [-0.39, 0.29) is 0 Å². The first-order valence-corrected chi connectivity index (χ1v) is 6.44. The lowest BCUT2D eigenvalue weighted by Gasteiger charge is -2.45. The van der Waals surface area contributed by atoms with Crippen LogP contribution in [0.1, 0.15) is 47.0 Å². The van der Waals surface area contributed by atoms with Crippen molar-refractivity contribution in [2.24, 2.45) is 16.7 Å². The summed E-state index contributed by atoms with van der Waals surface area (Å²) in [5.41, 5.74) is 0.825. The van der Waals surface area contributed by atoms with E-state index in [1.807, 2.05) is 0 Å². The van der Waals surface area contributed by atoms with E-state index in [0.29, 0.717) is 17.4 Å². The van der Waals surface area contributed by atoms with Gasteiger partial charge in [0.15, 0.2) is 0 Å². The molecule has 16 heavy (non-hydrogen) atoms. The van der Waals surface area contributed by atoms with E-state index in [4.69, 9.17) is 9.47 Å². The molecule has 0 spiro atoms.